The number of urea groups is 1. The number of carbonyl (C=O) groups is 1. The van der Waals surface area contributed by atoms with Crippen molar-refractivity contribution in [2.45, 2.75) is 12.6 Å². The van der Waals surface area contributed by atoms with E-state index >= 15 is 0 Å². The summed E-state index contributed by atoms with van der Waals surface area (Å²) in [5.74, 6) is -0.300. The molecule has 1 atom stereocenters. The third kappa shape index (κ3) is 2.72. The molecule has 0 saturated carbocycles. The number of hydrogen-bond donors (Lipinski definition) is 3. The van der Waals surface area contributed by atoms with Crippen molar-refractivity contribution in [3.8, 4) is 11.4 Å². The molecule has 0 radical (unpaired) electrons. The number of anilines is 1. The van der Waals surface area contributed by atoms with Crippen molar-refractivity contribution in [2.75, 3.05) is 11.9 Å². The van der Waals surface area contributed by atoms with Crippen molar-refractivity contribution in [1.82, 2.24) is 24.8 Å². The minimum absolute atomic E-state index is 0.00490. The van der Waals surface area contributed by atoms with E-state index in [9.17, 15) is 9.18 Å². The number of aromatic amines is 1. The quantitative estimate of drug-likeness (QED) is 0.662. The summed E-state index contributed by atoms with van der Waals surface area (Å²) in [6, 6.07) is 1.17. The molecular formula is C15H13ClFN7O. The molecular weight excluding hydrogens is 349 g/mol. The van der Waals surface area contributed by atoms with Crippen LogP contribution >= 0.6 is 11.6 Å². The summed E-state index contributed by atoms with van der Waals surface area (Å²) >= 11 is 5.99. The van der Waals surface area contributed by atoms with Gasteiger partial charge in [0.05, 0.1) is 11.2 Å². The Bertz CT molecular complexity index is 976. The van der Waals surface area contributed by atoms with Crippen molar-refractivity contribution in [3.63, 3.8) is 0 Å². The Labute approximate surface area is 146 Å². The lowest BCUT2D eigenvalue weighted by molar-refractivity contribution is 0.137. The Morgan fingerprint density at radius 2 is 2.28 bits per heavy atom. The first kappa shape index (κ1) is 15.6. The van der Waals surface area contributed by atoms with Crippen molar-refractivity contribution < 1.29 is 9.18 Å². The summed E-state index contributed by atoms with van der Waals surface area (Å²) in [5, 5.41) is 4.09. The second-order valence-electron chi connectivity index (χ2n) is 5.62. The number of fused-ring (bicyclic) bond motifs is 1. The first-order chi connectivity index (χ1) is 12.0. The zero-order valence-electron chi connectivity index (χ0n) is 12.8. The Hall–Kier alpha value is -2.94. The van der Waals surface area contributed by atoms with Gasteiger partial charge in [-0.15, -0.1) is 0 Å². The lowest BCUT2D eigenvalue weighted by Crippen LogP contribution is -2.57. The zero-order valence-corrected chi connectivity index (χ0v) is 13.6. The van der Waals surface area contributed by atoms with Gasteiger partial charge in [0, 0.05) is 36.3 Å². The Kier molecular flexibility index (Phi) is 3.65. The second kappa shape index (κ2) is 5.85. The van der Waals surface area contributed by atoms with E-state index in [-0.39, 0.29) is 12.0 Å². The third-order valence-corrected chi connectivity index (χ3v) is 4.30. The summed E-state index contributed by atoms with van der Waals surface area (Å²) in [5.41, 5.74) is 6.53. The molecule has 3 aromatic heterocycles. The van der Waals surface area contributed by atoms with Crippen LogP contribution in [-0.2, 0) is 0 Å². The molecule has 4 heterocycles. The summed E-state index contributed by atoms with van der Waals surface area (Å²) in [6.07, 6.45) is 4.57. The lowest BCUT2D eigenvalue weighted by Gasteiger charge is -2.40. The maximum absolute atomic E-state index is 14.1. The molecule has 128 valence electrons. The minimum Gasteiger partial charge on any atom is -0.351 e. The van der Waals surface area contributed by atoms with E-state index in [4.69, 9.17) is 17.3 Å². The van der Waals surface area contributed by atoms with Gasteiger partial charge in [0.1, 0.15) is 11.8 Å². The van der Waals surface area contributed by atoms with Gasteiger partial charge < -0.3 is 20.9 Å². The van der Waals surface area contributed by atoms with Crippen LogP contribution < -0.4 is 11.1 Å². The summed E-state index contributed by atoms with van der Waals surface area (Å²) in [7, 11) is 0. The number of nitrogens with one attached hydrogen (secondary N) is 2. The molecule has 1 aliphatic heterocycles. The van der Waals surface area contributed by atoms with Crippen molar-refractivity contribution >= 4 is 34.5 Å². The largest absolute Gasteiger partial charge is 0.351 e. The SMILES string of the molecule is NC(=O)N1CCC1Nc1nc(-c2c[nH]c3ncc(Cl)cc23)ncc1F. The molecule has 4 N–H and O–H groups in total. The summed E-state index contributed by atoms with van der Waals surface area (Å²) < 4.78 is 14.1. The van der Waals surface area contributed by atoms with E-state index in [1.807, 2.05) is 0 Å². The number of rotatable bonds is 3. The Balaban J connectivity index is 1.69. The monoisotopic (exact) mass is 361 g/mol. The van der Waals surface area contributed by atoms with E-state index in [0.29, 0.717) is 35.0 Å². The highest BCUT2D eigenvalue weighted by molar-refractivity contribution is 6.31. The summed E-state index contributed by atoms with van der Waals surface area (Å²) in [4.78, 5) is 28.1. The number of carbonyl (C=O) groups excluding carboxylic acids is 1. The van der Waals surface area contributed by atoms with Gasteiger partial charge >= 0.3 is 6.03 Å². The Morgan fingerprint density at radius 3 is 3.00 bits per heavy atom. The number of primary amides is 1. The fourth-order valence-electron chi connectivity index (χ4n) is 2.72. The highest BCUT2D eigenvalue weighted by Gasteiger charge is 2.31. The average Bonchev–Trinajstić information content (AvgIpc) is 2.95. The maximum atomic E-state index is 14.1. The molecule has 4 rings (SSSR count). The predicted molar refractivity (Wildman–Crippen MR) is 90.4 cm³/mol. The van der Waals surface area contributed by atoms with Gasteiger partial charge in [-0.05, 0) is 6.07 Å². The molecule has 8 nitrogen and oxygen atoms in total. The number of halogens is 2. The maximum Gasteiger partial charge on any atom is 0.316 e. The molecule has 10 heteroatoms. The van der Waals surface area contributed by atoms with Crippen LogP contribution in [0.3, 0.4) is 0 Å². The summed E-state index contributed by atoms with van der Waals surface area (Å²) in [6.45, 7) is 0.527. The normalized spacial score (nSPS) is 16.7. The van der Waals surface area contributed by atoms with Gasteiger partial charge in [-0.3, -0.25) is 0 Å². The molecule has 1 unspecified atom stereocenters. The molecule has 1 aliphatic rings. The molecule has 0 spiro atoms. The van der Waals surface area contributed by atoms with Crippen LogP contribution in [-0.4, -0.2) is 43.6 Å². The molecule has 3 aromatic rings. The highest BCUT2D eigenvalue weighted by atomic mass is 35.5. The second-order valence-corrected chi connectivity index (χ2v) is 6.06. The third-order valence-electron chi connectivity index (χ3n) is 4.09. The van der Waals surface area contributed by atoms with Crippen molar-refractivity contribution in [1.29, 1.82) is 0 Å². The van der Waals surface area contributed by atoms with Crippen LogP contribution in [0.5, 0.6) is 0 Å². The van der Waals surface area contributed by atoms with Crippen LogP contribution in [0, 0.1) is 5.82 Å². The Morgan fingerprint density at radius 1 is 1.44 bits per heavy atom. The lowest BCUT2D eigenvalue weighted by atomic mass is 10.1. The van der Waals surface area contributed by atoms with Crippen molar-refractivity contribution in [3.05, 3.63) is 35.5 Å². The molecule has 2 amide bonds. The predicted octanol–water partition coefficient (Wildman–Crippen LogP) is 2.33. The van der Waals surface area contributed by atoms with E-state index < -0.39 is 11.8 Å². The van der Waals surface area contributed by atoms with Gasteiger partial charge in [0.25, 0.3) is 0 Å². The molecule has 0 bridgehead atoms. The molecule has 1 fully saturated rings. The molecule has 1 saturated heterocycles. The van der Waals surface area contributed by atoms with E-state index in [1.54, 1.807) is 12.3 Å². The first-order valence-electron chi connectivity index (χ1n) is 7.51. The fourth-order valence-corrected chi connectivity index (χ4v) is 2.88. The number of amides is 2. The van der Waals surface area contributed by atoms with Crippen LogP contribution in [0.15, 0.2) is 24.7 Å². The number of H-pyrrole nitrogens is 1. The fraction of sp³-hybridized carbons (Fsp3) is 0.200. The van der Waals surface area contributed by atoms with Crippen LogP contribution in [0.25, 0.3) is 22.4 Å². The van der Waals surface area contributed by atoms with Crippen molar-refractivity contribution in [2.24, 2.45) is 5.73 Å². The van der Waals surface area contributed by atoms with E-state index in [1.165, 1.54) is 11.1 Å². The minimum atomic E-state index is -0.615. The smallest absolute Gasteiger partial charge is 0.316 e. The molecule has 0 aliphatic carbocycles. The molecule has 25 heavy (non-hydrogen) atoms. The zero-order chi connectivity index (χ0) is 17.6. The van der Waals surface area contributed by atoms with E-state index in [0.717, 1.165) is 11.6 Å². The standard InChI is InChI=1S/C15H13ClFN7O/c16-7-3-8-9(5-20-12(8)19-4-7)13-21-6-10(17)14(23-13)22-11-1-2-24(11)15(18)25/h3-6,11H,1-2H2,(H2,18,25)(H,19,20)(H,21,22,23). The number of aromatic nitrogens is 4. The van der Waals surface area contributed by atoms with Gasteiger partial charge in [0.15, 0.2) is 17.5 Å². The van der Waals surface area contributed by atoms with Crippen LogP contribution in [0.2, 0.25) is 5.02 Å². The van der Waals surface area contributed by atoms with Gasteiger partial charge in [-0.1, -0.05) is 11.6 Å². The van der Waals surface area contributed by atoms with Crippen LogP contribution in [0.1, 0.15) is 6.42 Å². The number of likely N-dealkylation sites (tertiary alicyclic amines) is 1. The van der Waals surface area contributed by atoms with Gasteiger partial charge in [-0.25, -0.2) is 24.1 Å². The highest BCUT2D eigenvalue weighted by Crippen LogP contribution is 2.29. The average molecular weight is 362 g/mol. The number of pyridine rings is 1. The first-order valence-corrected chi connectivity index (χ1v) is 7.89. The molecule has 0 aromatic carbocycles. The number of hydrogen-bond acceptors (Lipinski definition) is 5. The van der Waals surface area contributed by atoms with Gasteiger partial charge in [0.2, 0.25) is 0 Å². The number of nitrogens with zero attached hydrogens (tertiary/aromatic N) is 4. The van der Waals surface area contributed by atoms with Crippen LogP contribution in [0.4, 0.5) is 15.0 Å². The topological polar surface area (TPSA) is 113 Å². The van der Waals surface area contributed by atoms with E-state index in [2.05, 4.69) is 25.3 Å². The van der Waals surface area contributed by atoms with Gasteiger partial charge in [-0.2, -0.15) is 0 Å². The number of nitrogens with two attached hydrogens (primary N) is 1.